The first-order valence-corrected chi connectivity index (χ1v) is 7.81. The lowest BCUT2D eigenvalue weighted by Gasteiger charge is -2.11. The zero-order chi connectivity index (χ0) is 14.4. The Morgan fingerprint density at radius 1 is 1.15 bits per heavy atom. The molecule has 0 aliphatic carbocycles. The first-order valence-electron chi connectivity index (χ1n) is 6.68. The minimum atomic E-state index is 0.587. The van der Waals surface area contributed by atoms with Gasteiger partial charge in [0.05, 0.1) is 18.9 Å². The van der Waals surface area contributed by atoms with E-state index in [0.29, 0.717) is 24.9 Å². The molecule has 0 radical (unpaired) electrons. The molecule has 0 spiro atoms. The van der Waals surface area contributed by atoms with Crippen LogP contribution in [0, 0.1) is 0 Å². The van der Waals surface area contributed by atoms with Crippen LogP contribution < -0.4 is 9.47 Å². The van der Waals surface area contributed by atoms with Crippen molar-refractivity contribution in [2.24, 2.45) is 0 Å². The largest absolute Gasteiger partial charge is 0.490 e. The van der Waals surface area contributed by atoms with Crippen molar-refractivity contribution >= 4 is 15.9 Å². The number of oxazole rings is 1. The van der Waals surface area contributed by atoms with Gasteiger partial charge in [0.15, 0.2) is 11.5 Å². The molecule has 0 aliphatic rings. The lowest BCUT2D eigenvalue weighted by Crippen LogP contribution is -1.98. The molecule has 1 aromatic carbocycles. The molecule has 0 unspecified atom stereocenters. The van der Waals surface area contributed by atoms with E-state index in [9.17, 15) is 0 Å². The maximum absolute atomic E-state index is 5.60. The number of halogens is 1. The Bertz CT molecular complexity index is 554. The van der Waals surface area contributed by atoms with Crippen LogP contribution in [0.3, 0.4) is 0 Å². The van der Waals surface area contributed by atoms with Crippen LogP contribution in [0.1, 0.15) is 19.5 Å². The van der Waals surface area contributed by atoms with E-state index in [1.165, 1.54) is 0 Å². The number of ether oxygens (including phenoxy) is 2. The summed E-state index contributed by atoms with van der Waals surface area (Å²) in [7, 11) is 0. The van der Waals surface area contributed by atoms with E-state index in [2.05, 4.69) is 20.9 Å². The summed E-state index contributed by atoms with van der Waals surface area (Å²) in [6.07, 6.45) is 2.53. The molecule has 0 saturated heterocycles. The van der Waals surface area contributed by atoms with E-state index >= 15 is 0 Å². The Labute approximate surface area is 127 Å². The topological polar surface area (TPSA) is 44.5 Å². The number of aromatic nitrogens is 1. The summed E-state index contributed by atoms with van der Waals surface area (Å²) in [4.78, 5) is 4.45. The number of hydrogen-bond acceptors (Lipinski definition) is 4. The molecule has 1 aromatic heterocycles. The Kier molecular flexibility index (Phi) is 5.47. The fourth-order valence-corrected chi connectivity index (χ4v) is 2.24. The molecule has 1 heterocycles. The molecule has 5 heteroatoms. The Morgan fingerprint density at radius 3 is 2.60 bits per heavy atom. The van der Waals surface area contributed by atoms with Gasteiger partial charge in [0.2, 0.25) is 5.89 Å². The molecule has 2 aromatic rings. The lowest BCUT2D eigenvalue weighted by molar-refractivity contribution is 0.288. The number of aryl methyl sites for hydroxylation is 1. The minimum absolute atomic E-state index is 0.587. The highest BCUT2D eigenvalue weighted by Gasteiger charge is 2.11. The molecule has 0 aliphatic heterocycles. The third kappa shape index (κ3) is 3.54. The molecule has 0 bridgehead atoms. The quantitative estimate of drug-likeness (QED) is 0.713. The first-order chi connectivity index (χ1) is 9.78. The van der Waals surface area contributed by atoms with E-state index in [-0.39, 0.29) is 0 Å². The summed E-state index contributed by atoms with van der Waals surface area (Å²) in [6, 6.07) is 5.72. The van der Waals surface area contributed by atoms with Crippen molar-refractivity contribution in [2.75, 3.05) is 18.5 Å². The smallest absolute Gasteiger partial charge is 0.226 e. The van der Waals surface area contributed by atoms with E-state index in [1.54, 1.807) is 6.26 Å². The fourth-order valence-electron chi connectivity index (χ4n) is 1.84. The van der Waals surface area contributed by atoms with Gasteiger partial charge in [-0.15, -0.1) is 0 Å². The van der Waals surface area contributed by atoms with Crippen molar-refractivity contribution in [1.29, 1.82) is 0 Å². The molecule has 2 rings (SSSR count). The summed E-state index contributed by atoms with van der Waals surface area (Å²) >= 11 is 3.39. The predicted molar refractivity (Wildman–Crippen MR) is 81.8 cm³/mol. The molecule has 0 fully saturated rings. The number of rotatable bonds is 7. The number of nitrogens with zero attached hydrogens (tertiary/aromatic N) is 1. The van der Waals surface area contributed by atoms with E-state index in [0.717, 1.165) is 28.8 Å². The highest BCUT2D eigenvalue weighted by Crippen LogP contribution is 2.32. The van der Waals surface area contributed by atoms with Gasteiger partial charge in [0.25, 0.3) is 0 Å². The second-order valence-electron chi connectivity index (χ2n) is 4.11. The van der Waals surface area contributed by atoms with Crippen LogP contribution in [-0.2, 0) is 6.42 Å². The summed E-state index contributed by atoms with van der Waals surface area (Å²) in [5.41, 5.74) is 1.82. The average molecular weight is 340 g/mol. The molecule has 4 nitrogen and oxygen atoms in total. The molecule has 20 heavy (non-hydrogen) atoms. The normalized spacial score (nSPS) is 10.6. The monoisotopic (exact) mass is 339 g/mol. The second-order valence-corrected chi connectivity index (χ2v) is 4.90. The van der Waals surface area contributed by atoms with Crippen LogP contribution in [0.2, 0.25) is 0 Å². The fraction of sp³-hybridized carbons (Fsp3) is 0.400. The van der Waals surface area contributed by atoms with Gasteiger partial charge < -0.3 is 13.9 Å². The molecule has 0 N–H and O–H groups in total. The first kappa shape index (κ1) is 14.9. The zero-order valence-electron chi connectivity index (χ0n) is 11.7. The van der Waals surface area contributed by atoms with Crippen molar-refractivity contribution in [1.82, 2.24) is 4.98 Å². The maximum Gasteiger partial charge on any atom is 0.226 e. The van der Waals surface area contributed by atoms with Gasteiger partial charge in [-0.3, -0.25) is 0 Å². The van der Waals surface area contributed by atoms with Crippen LogP contribution in [0.15, 0.2) is 28.9 Å². The Balaban J connectivity index is 2.28. The van der Waals surface area contributed by atoms with Crippen molar-refractivity contribution in [2.45, 2.75) is 20.3 Å². The van der Waals surface area contributed by atoms with Gasteiger partial charge in [-0.1, -0.05) is 15.9 Å². The number of benzene rings is 1. The van der Waals surface area contributed by atoms with Gasteiger partial charge in [-0.2, -0.15) is 0 Å². The Hall–Kier alpha value is -1.49. The number of hydrogen-bond donors (Lipinski definition) is 0. The van der Waals surface area contributed by atoms with Crippen molar-refractivity contribution in [3.63, 3.8) is 0 Å². The average Bonchev–Trinajstić information content (AvgIpc) is 2.90. The molecule has 0 atom stereocenters. The summed E-state index contributed by atoms with van der Waals surface area (Å²) in [5, 5.41) is 0.868. The van der Waals surface area contributed by atoms with Crippen molar-refractivity contribution < 1.29 is 13.9 Å². The van der Waals surface area contributed by atoms with Gasteiger partial charge in [0, 0.05) is 17.3 Å². The third-order valence-electron chi connectivity index (χ3n) is 2.69. The van der Waals surface area contributed by atoms with Crippen LogP contribution >= 0.6 is 15.9 Å². The SMILES string of the molecule is CCOc1ccc(-c2nc(CCBr)co2)cc1OCC. The molecule has 0 saturated carbocycles. The standard InChI is InChI=1S/C15H18BrNO3/c1-3-18-13-6-5-11(9-14(13)19-4-2)15-17-12(7-8-16)10-20-15/h5-6,9-10H,3-4,7-8H2,1-2H3. The van der Waals surface area contributed by atoms with Crippen molar-refractivity contribution in [3.8, 4) is 23.0 Å². The van der Waals surface area contributed by atoms with Crippen LogP contribution in [0.5, 0.6) is 11.5 Å². The highest BCUT2D eigenvalue weighted by atomic mass is 79.9. The summed E-state index contributed by atoms with van der Waals surface area (Å²) in [6.45, 7) is 5.09. The van der Waals surface area contributed by atoms with Crippen molar-refractivity contribution in [3.05, 3.63) is 30.2 Å². The third-order valence-corrected chi connectivity index (χ3v) is 3.09. The van der Waals surface area contributed by atoms with Crippen LogP contribution in [-0.4, -0.2) is 23.5 Å². The highest BCUT2D eigenvalue weighted by molar-refractivity contribution is 9.09. The minimum Gasteiger partial charge on any atom is -0.490 e. The maximum atomic E-state index is 5.60. The van der Waals surface area contributed by atoms with Crippen LogP contribution in [0.25, 0.3) is 11.5 Å². The molecular formula is C15H18BrNO3. The number of alkyl halides is 1. The molecule has 0 amide bonds. The predicted octanol–water partition coefficient (Wildman–Crippen LogP) is 4.08. The Morgan fingerprint density at radius 2 is 1.90 bits per heavy atom. The zero-order valence-corrected chi connectivity index (χ0v) is 13.3. The molecular weight excluding hydrogens is 322 g/mol. The second kappa shape index (κ2) is 7.33. The van der Waals surface area contributed by atoms with Crippen LogP contribution in [0.4, 0.5) is 0 Å². The van der Waals surface area contributed by atoms with Gasteiger partial charge >= 0.3 is 0 Å². The van der Waals surface area contributed by atoms with Gasteiger partial charge in [-0.25, -0.2) is 4.98 Å². The molecule has 108 valence electrons. The van der Waals surface area contributed by atoms with E-state index in [4.69, 9.17) is 13.9 Å². The summed E-state index contributed by atoms with van der Waals surface area (Å²) in [5.74, 6) is 2.06. The lowest BCUT2D eigenvalue weighted by atomic mass is 10.2. The summed E-state index contributed by atoms with van der Waals surface area (Å²) < 4.78 is 16.7. The van der Waals surface area contributed by atoms with Gasteiger partial charge in [0.1, 0.15) is 6.26 Å². The van der Waals surface area contributed by atoms with E-state index in [1.807, 2.05) is 32.0 Å². The van der Waals surface area contributed by atoms with Gasteiger partial charge in [-0.05, 0) is 32.0 Å². The van der Waals surface area contributed by atoms with E-state index < -0.39 is 0 Å².